The molecule has 0 spiro atoms. The minimum absolute atomic E-state index is 0.120. The van der Waals surface area contributed by atoms with Crippen molar-refractivity contribution < 1.29 is 4.39 Å². The molecule has 1 aromatic heterocycles. The van der Waals surface area contributed by atoms with Crippen LogP contribution >= 0.6 is 11.3 Å². The molecule has 0 unspecified atom stereocenters. The first-order valence-electron chi connectivity index (χ1n) is 5.54. The lowest BCUT2D eigenvalue weighted by atomic mass is 10.1. The third kappa shape index (κ3) is 2.08. The van der Waals surface area contributed by atoms with Crippen LogP contribution in [0.15, 0.2) is 54.6 Å². The molecule has 0 aliphatic carbocycles. The van der Waals surface area contributed by atoms with E-state index in [9.17, 15) is 4.39 Å². The molecule has 84 valence electrons. The van der Waals surface area contributed by atoms with Gasteiger partial charge in [-0.2, -0.15) is 0 Å². The van der Waals surface area contributed by atoms with Gasteiger partial charge in [0.15, 0.2) is 0 Å². The Morgan fingerprint density at radius 3 is 2.53 bits per heavy atom. The van der Waals surface area contributed by atoms with E-state index in [0.717, 1.165) is 5.56 Å². The molecule has 3 aromatic rings. The number of benzene rings is 2. The van der Waals surface area contributed by atoms with Crippen molar-refractivity contribution in [3.63, 3.8) is 0 Å². The SMILES string of the molecule is Fc1ccccc1Cc1cc2ccccc2s1. The maximum atomic E-state index is 13.5. The van der Waals surface area contributed by atoms with Gasteiger partial charge in [0.2, 0.25) is 0 Å². The Hall–Kier alpha value is -1.67. The Labute approximate surface area is 103 Å². The first-order valence-corrected chi connectivity index (χ1v) is 6.35. The molecule has 3 rings (SSSR count). The molecule has 0 radical (unpaired) electrons. The van der Waals surface area contributed by atoms with Crippen LogP contribution in [0, 0.1) is 5.82 Å². The molecule has 0 bridgehead atoms. The van der Waals surface area contributed by atoms with E-state index < -0.39 is 0 Å². The van der Waals surface area contributed by atoms with Crippen LogP contribution in [0.1, 0.15) is 10.4 Å². The summed E-state index contributed by atoms with van der Waals surface area (Å²) in [4.78, 5) is 1.20. The number of hydrogen-bond donors (Lipinski definition) is 0. The third-order valence-corrected chi connectivity index (χ3v) is 3.92. The molecule has 2 aromatic carbocycles. The molecule has 0 fully saturated rings. The van der Waals surface area contributed by atoms with Crippen molar-refractivity contribution in [2.75, 3.05) is 0 Å². The average Bonchev–Trinajstić information content (AvgIpc) is 2.74. The molecule has 17 heavy (non-hydrogen) atoms. The van der Waals surface area contributed by atoms with Crippen LogP contribution in [0.2, 0.25) is 0 Å². The molecule has 0 saturated heterocycles. The Balaban J connectivity index is 1.98. The minimum Gasteiger partial charge on any atom is -0.207 e. The van der Waals surface area contributed by atoms with E-state index in [0.29, 0.717) is 6.42 Å². The second-order valence-corrected chi connectivity index (χ2v) is 5.19. The Bertz CT molecular complexity index is 622. The Morgan fingerprint density at radius 2 is 1.71 bits per heavy atom. The first kappa shape index (κ1) is 10.5. The van der Waals surface area contributed by atoms with Gasteiger partial charge in [-0.05, 0) is 29.1 Å². The van der Waals surface area contributed by atoms with Crippen molar-refractivity contribution in [3.8, 4) is 0 Å². The summed E-state index contributed by atoms with van der Waals surface area (Å²) < 4.78 is 14.8. The normalized spacial score (nSPS) is 10.9. The summed E-state index contributed by atoms with van der Waals surface area (Å²) in [6, 6.07) is 17.4. The van der Waals surface area contributed by atoms with Crippen LogP contribution in [0.4, 0.5) is 4.39 Å². The van der Waals surface area contributed by atoms with E-state index >= 15 is 0 Å². The molecule has 0 atom stereocenters. The van der Waals surface area contributed by atoms with E-state index in [-0.39, 0.29) is 5.82 Å². The van der Waals surface area contributed by atoms with Crippen LogP contribution < -0.4 is 0 Å². The van der Waals surface area contributed by atoms with Crippen molar-refractivity contribution in [1.29, 1.82) is 0 Å². The smallest absolute Gasteiger partial charge is 0.126 e. The lowest BCUT2D eigenvalue weighted by Gasteiger charge is -1.99. The lowest BCUT2D eigenvalue weighted by Crippen LogP contribution is -1.88. The van der Waals surface area contributed by atoms with Gasteiger partial charge in [-0.15, -0.1) is 11.3 Å². The molecule has 0 amide bonds. The Kier molecular flexibility index (Phi) is 2.65. The summed E-state index contributed by atoms with van der Waals surface area (Å²) in [7, 11) is 0. The molecule has 1 heterocycles. The van der Waals surface area contributed by atoms with Gasteiger partial charge in [-0.25, -0.2) is 4.39 Å². The predicted octanol–water partition coefficient (Wildman–Crippen LogP) is 4.63. The molecule has 0 saturated carbocycles. The van der Waals surface area contributed by atoms with Crippen molar-refractivity contribution in [2.45, 2.75) is 6.42 Å². The summed E-state index contributed by atoms with van der Waals surface area (Å²) in [6.07, 6.45) is 0.673. The molecule has 0 aliphatic heterocycles. The van der Waals surface area contributed by atoms with Crippen LogP contribution in [-0.4, -0.2) is 0 Å². The van der Waals surface area contributed by atoms with E-state index in [1.165, 1.54) is 21.0 Å². The fraction of sp³-hybridized carbons (Fsp3) is 0.0667. The summed E-state index contributed by atoms with van der Waals surface area (Å²) >= 11 is 1.73. The van der Waals surface area contributed by atoms with Crippen LogP contribution in [0.3, 0.4) is 0 Å². The maximum absolute atomic E-state index is 13.5. The lowest BCUT2D eigenvalue weighted by molar-refractivity contribution is 0.614. The average molecular weight is 242 g/mol. The number of rotatable bonds is 2. The van der Waals surface area contributed by atoms with Gasteiger partial charge >= 0.3 is 0 Å². The van der Waals surface area contributed by atoms with Gasteiger partial charge in [0, 0.05) is 16.0 Å². The van der Waals surface area contributed by atoms with Gasteiger partial charge < -0.3 is 0 Å². The van der Waals surface area contributed by atoms with Crippen molar-refractivity contribution in [3.05, 3.63) is 70.9 Å². The zero-order valence-electron chi connectivity index (χ0n) is 9.19. The molecule has 0 N–H and O–H groups in total. The maximum Gasteiger partial charge on any atom is 0.126 e. The highest BCUT2D eigenvalue weighted by Crippen LogP contribution is 2.27. The number of fused-ring (bicyclic) bond motifs is 1. The summed E-state index contributed by atoms with van der Waals surface area (Å²) in [5.74, 6) is -0.120. The van der Waals surface area contributed by atoms with Gasteiger partial charge in [-0.1, -0.05) is 36.4 Å². The Morgan fingerprint density at radius 1 is 0.941 bits per heavy atom. The molecule has 0 aliphatic rings. The predicted molar refractivity (Wildman–Crippen MR) is 71.0 cm³/mol. The topological polar surface area (TPSA) is 0 Å². The van der Waals surface area contributed by atoms with Gasteiger partial charge in [0.25, 0.3) is 0 Å². The second-order valence-electron chi connectivity index (χ2n) is 4.02. The summed E-state index contributed by atoms with van der Waals surface area (Å²) in [5.41, 5.74) is 0.763. The zero-order valence-corrected chi connectivity index (χ0v) is 10.0. The quantitative estimate of drug-likeness (QED) is 0.614. The largest absolute Gasteiger partial charge is 0.207 e. The van der Waals surface area contributed by atoms with Gasteiger partial charge in [0.05, 0.1) is 0 Å². The number of halogens is 1. The second kappa shape index (κ2) is 4.30. The van der Waals surface area contributed by atoms with Crippen LogP contribution in [0.25, 0.3) is 10.1 Å². The highest BCUT2D eigenvalue weighted by Gasteiger charge is 2.05. The van der Waals surface area contributed by atoms with Crippen molar-refractivity contribution in [2.24, 2.45) is 0 Å². The van der Waals surface area contributed by atoms with Gasteiger partial charge in [-0.3, -0.25) is 0 Å². The number of thiophene rings is 1. The highest BCUT2D eigenvalue weighted by molar-refractivity contribution is 7.19. The van der Waals surface area contributed by atoms with E-state index in [1.54, 1.807) is 17.4 Å². The third-order valence-electron chi connectivity index (χ3n) is 2.80. The van der Waals surface area contributed by atoms with Crippen molar-refractivity contribution in [1.82, 2.24) is 0 Å². The van der Waals surface area contributed by atoms with Crippen LogP contribution in [-0.2, 0) is 6.42 Å². The summed E-state index contributed by atoms with van der Waals surface area (Å²) in [6.45, 7) is 0. The minimum atomic E-state index is -0.120. The summed E-state index contributed by atoms with van der Waals surface area (Å²) in [5, 5.41) is 1.24. The van der Waals surface area contributed by atoms with E-state index in [2.05, 4.69) is 18.2 Å². The van der Waals surface area contributed by atoms with Crippen LogP contribution in [0.5, 0.6) is 0 Å². The zero-order chi connectivity index (χ0) is 11.7. The number of hydrogen-bond acceptors (Lipinski definition) is 1. The van der Waals surface area contributed by atoms with Crippen molar-refractivity contribution >= 4 is 21.4 Å². The monoisotopic (exact) mass is 242 g/mol. The van der Waals surface area contributed by atoms with E-state index in [4.69, 9.17) is 0 Å². The standard InChI is InChI=1S/C15H11FS/c16-14-7-3-1-5-11(14)9-13-10-12-6-2-4-8-15(12)17-13/h1-8,10H,9H2. The molecule has 2 heteroatoms. The molecular formula is C15H11FS. The highest BCUT2D eigenvalue weighted by atomic mass is 32.1. The van der Waals surface area contributed by atoms with Gasteiger partial charge in [0.1, 0.15) is 5.82 Å². The molecule has 0 nitrogen and oxygen atoms in total. The first-order chi connectivity index (χ1) is 8.33. The molecular weight excluding hydrogens is 231 g/mol. The van der Waals surface area contributed by atoms with E-state index in [1.807, 2.05) is 24.3 Å². The fourth-order valence-corrected chi connectivity index (χ4v) is 3.04. The fourth-order valence-electron chi connectivity index (χ4n) is 1.95.